The maximum Gasteiger partial charge on any atom is 0.337 e. The van der Waals surface area contributed by atoms with Crippen LogP contribution in [0, 0.1) is 0 Å². The Morgan fingerprint density at radius 2 is 1.79 bits per heavy atom. The Bertz CT molecular complexity index is 596. The number of rotatable bonds is 4. The lowest BCUT2D eigenvalue weighted by molar-refractivity contribution is 0.0697. The van der Waals surface area contributed by atoms with Crippen LogP contribution in [0.25, 0.3) is 0 Å². The minimum atomic E-state index is -1.07. The molecule has 0 aliphatic carbocycles. The third kappa shape index (κ3) is 3.20. The van der Waals surface area contributed by atoms with Crippen molar-refractivity contribution in [3.8, 4) is 11.5 Å². The van der Waals surface area contributed by atoms with Crippen LogP contribution in [-0.4, -0.2) is 17.3 Å². The largest absolute Gasteiger partial charge is 0.478 e. The fourth-order valence-electron chi connectivity index (χ4n) is 1.56. The summed E-state index contributed by atoms with van der Waals surface area (Å²) < 4.78 is 5.60. The number of nitrogen functional groups attached to an aromatic ring is 1. The first kappa shape index (κ1) is 13.3. The predicted octanol–water partition coefficient (Wildman–Crippen LogP) is 3.48. The Morgan fingerprint density at radius 1 is 1.16 bits per heavy atom. The molecule has 4 nitrogen and oxygen atoms in total. The van der Waals surface area contributed by atoms with E-state index < -0.39 is 5.97 Å². The fourth-order valence-corrected chi connectivity index (χ4v) is 1.97. The van der Waals surface area contributed by atoms with Gasteiger partial charge in [0, 0.05) is 10.6 Å². The number of carboxylic acids is 1. The summed E-state index contributed by atoms with van der Waals surface area (Å²) in [5.41, 5.74) is 5.84. The molecule has 19 heavy (non-hydrogen) atoms. The molecule has 0 fully saturated rings. The van der Waals surface area contributed by atoms with E-state index in [1.165, 1.54) is 12.1 Å². The normalized spacial score (nSPS) is 10.2. The molecule has 0 saturated heterocycles. The van der Waals surface area contributed by atoms with Crippen molar-refractivity contribution in [3.05, 3.63) is 48.0 Å². The zero-order chi connectivity index (χ0) is 13.8. The van der Waals surface area contributed by atoms with Gasteiger partial charge in [0.15, 0.2) is 0 Å². The van der Waals surface area contributed by atoms with Crippen molar-refractivity contribution in [2.24, 2.45) is 0 Å². The number of carbonyl (C=O) groups is 1. The molecule has 0 radical (unpaired) electrons. The summed E-state index contributed by atoms with van der Waals surface area (Å²) in [6.07, 6.45) is 2.00. The Hall–Kier alpha value is -2.14. The average Bonchev–Trinajstić information content (AvgIpc) is 2.41. The Kier molecular flexibility index (Phi) is 3.97. The summed E-state index contributed by atoms with van der Waals surface area (Å²) >= 11 is 1.64. The predicted molar refractivity (Wildman–Crippen MR) is 76.1 cm³/mol. The lowest BCUT2D eigenvalue weighted by atomic mass is 10.2. The maximum absolute atomic E-state index is 11.0. The van der Waals surface area contributed by atoms with Gasteiger partial charge in [-0.25, -0.2) is 4.79 Å². The van der Waals surface area contributed by atoms with Gasteiger partial charge in [-0.3, -0.25) is 0 Å². The molecule has 98 valence electrons. The van der Waals surface area contributed by atoms with Crippen LogP contribution >= 0.6 is 11.8 Å². The van der Waals surface area contributed by atoms with Crippen molar-refractivity contribution in [2.45, 2.75) is 4.90 Å². The van der Waals surface area contributed by atoms with E-state index in [1.807, 2.05) is 30.5 Å². The number of anilines is 1. The van der Waals surface area contributed by atoms with Gasteiger partial charge in [0.05, 0.1) is 5.56 Å². The number of ether oxygens (including phenoxy) is 1. The number of benzene rings is 2. The van der Waals surface area contributed by atoms with Gasteiger partial charge in [-0.15, -0.1) is 11.8 Å². The first-order valence-electron chi connectivity index (χ1n) is 5.55. The van der Waals surface area contributed by atoms with Gasteiger partial charge in [0.1, 0.15) is 11.5 Å². The van der Waals surface area contributed by atoms with Crippen LogP contribution in [-0.2, 0) is 0 Å². The van der Waals surface area contributed by atoms with Crippen LogP contribution in [0.15, 0.2) is 47.4 Å². The number of carboxylic acid groups (broad SMARTS) is 1. The van der Waals surface area contributed by atoms with Crippen molar-refractivity contribution >= 4 is 23.4 Å². The van der Waals surface area contributed by atoms with Crippen molar-refractivity contribution in [1.82, 2.24) is 0 Å². The SMILES string of the molecule is CSc1ccc(Oc2ccc(N)c(C(=O)O)c2)cc1. The quantitative estimate of drug-likeness (QED) is 0.660. The van der Waals surface area contributed by atoms with Gasteiger partial charge in [0.25, 0.3) is 0 Å². The molecule has 2 aromatic carbocycles. The molecule has 0 heterocycles. The first-order chi connectivity index (χ1) is 9.10. The minimum absolute atomic E-state index is 0.0400. The lowest BCUT2D eigenvalue weighted by Gasteiger charge is -2.08. The third-order valence-electron chi connectivity index (χ3n) is 2.55. The second-order valence-electron chi connectivity index (χ2n) is 3.83. The van der Waals surface area contributed by atoms with Gasteiger partial charge < -0.3 is 15.6 Å². The van der Waals surface area contributed by atoms with Gasteiger partial charge in [0.2, 0.25) is 0 Å². The standard InChI is InChI=1S/C14H13NO3S/c1-19-11-5-2-9(3-6-11)18-10-4-7-13(15)12(8-10)14(16)17/h2-8H,15H2,1H3,(H,16,17). The monoisotopic (exact) mass is 275 g/mol. The molecule has 0 spiro atoms. The van der Waals surface area contributed by atoms with Crippen LogP contribution in [0.5, 0.6) is 11.5 Å². The summed E-state index contributed by atoms with van der Waals surface area (Å²) in [5, 5.41) is 8.99. The molecule has 0 aliphatic heterocycles. The van der Waals surface area contributed by atoms with E-state index in [-0.39, 0.29) is 11.3 Å². The Labute approximate surface area is 115 Å². The molecule has 0 bridgehead atoms. The smallest absolute Gasteiger partial charge is 0.337 e. The molecule has 2 aromatic rings. The van der Waals surface area contributed by atoms with Gasteiger partial charge in [-0.1, -0.05) is 0 Å². The fraction of sp³-hybridized carbons (Fsp3) is 0.0714. The third-order valence-corrected chi connectivity index (χ3v) is 3.29. The molecule has 0 aromatic heterocycles. The summed E-state index contributed by atoms with van der Waals surface area (Å²) in [5.74, 6) is 0.0306. The highest BCUT2D eigenvalue weighted by molar-refractivity contribution is 7.98. The molecule has 0 atom stereocenters. The van der Waals surface area contributed by atoms with Crippen LogP contribution in [0.3, 0.4) is 0 Å². The first-order valence-corrected chi connectivity index (χ1v) is 6.77. The lowest BCUT2D eigenvalue weighted by Crippen LogP contribution is -2.02. The van der Waals surface area contributed by atoms with E-state index in [0.717, 1.165) is 4.90 Å². The highest BCUT2D eigenvalue weighted by Crippen LogP contribution is 2.26. The van der Waals surface area contributed by atoms with Crippen molar-refractivity contribution in [1.29, 1.82) is 0 Å². The minimum Gasteiger partial charge on any atom is -0.478 e. The average molecular weight is 275 g/mol. The van der Waals surface area contributed by atoms with Gasteiger partial charge in [-0.2, -0.15) is 0 Å². The summed E-state index contributed by atoms with van der Waals surface area (Å²) in [7, 11) is 0. The Morgan fingerprint density at radius 3 is 2.37 bits per heavy atom. The van der Waals surface area contributed by atoms with E-state index in [0.29, 0.717) is 11.5 Å². The van der Waals surface area contributed by atoms with Crippen LogP contribution in [0.2, 0.25) is 0 Å². The summed E-state index contributed by atoms with van der Waals surface area (Å²) in [6.45, 7) is 0. The number of thioether (sulfide) groups is 1. The van der Waals surface area contributed by atoms with Crippen LogP contribution in [0.4, 0.5) is 5.69 Å². The maximum atomic E-state index is 11.0. The van der Waals surface area contributed by atoms with Crippen LogP contribution in [0.1, 0.15) is 10.4 Å². The zero-order valence-corrected chi connectivity index (χ0v) is 11.1. The van der Waals surface area contributed by atoms with Crippen molar-refractivity contribution in [3.63, 3.8) is 0 Å². The zero-order valence-electron chi connectivity index (χ0n) is 10.3. The van der Waals surface area contributed by atoms with Gasteiger partial charge >= 0.3 is 5.97 Å². The highest BCUT2D eigenvalue weighted by Gasteiger charge is 2.09. The number of hydrogen-bond acceptors (Lipinski definition) is 4. The molecular formula is C14H13NO3S. The van der Waals surface area contributed by atoms with E-state index >= 15 is 0 Å². The summed E-state index contributed by atoms with van der Waals surface area (Å²) in [6, 6.07) is 12.1. The van der Waals surface area contributed by atoms with E-state index in [2.05, 4.69) is 0 Å². The van der Waals surface area contributed by atoms with E-state index in [9.17, 15) is 4.79 Å². The number of hydrogen-bond donors (Lipinski definition) is 2. The van der Waals surface area contributed by atoms with E-state index in [1.54, 1.807) is 17.8 Å². The molecular weight excluding hydrogens is 262 g/mol. The second kappa shape index (κ2) is 5.67. The Balaban J connectivity index is 2.22. The molecule has 0 amide bonds. The topological polar surface area (TPSA) is 72.5 Å². The number of nitrogens with two attached hydrogens (primary N) is 1. The molecule has 5 heteroatoms. The molecule has 0 aliphatic rings. The van der Waals surface area contributed by atoms with Crippen LogP contribution < -0.4 is 10.5 Å². The molecule has 2 rings (SSSR count). The summed E-state index contributed by atoms with van der Waals surface area (Å²) in [4.78, 5) is 12.1. The van der Waals surface area contributed by atoms with Gasteiger partial charge in [-0.05, 0) is 48.7 Å². The molecule has 3 N–H and O–H groups in total. The molecule has 0 saturated carbocycles. The highest BCUT2D eigenvalue weighted by atomic mass is 32.2. The van der Waals surface area contributed by atoms with E-state index in [4.69, 9.17) is 15.6 Å². The molecule has 0 unspecified atom stereocenters. The second-order valence-corrected chi connectivity index (χ2v) is 4.71. The van der Waals surface area contributed by atoms with Crippen molar-refractivity contribution in [2.75, 3.05) is 12.0 Å². The van der Waals surface area contributed by atoms with Crippen molar-refractivity contribution < 1.29 is 14.6 Å². The number of aromatic carboxylic acids is 1.